The van der Waals surface area contributed by atoms with E-state index >= 15 is 0 Å². The van der Waals surface area contributed by atoms with Gasteiger partial charge < -0.3 is 4.74 Å². The molecule has 0 spiro atoms. The van der Waals surface area contributed by atoms with Gasteiger partial charge in [-0.2, -0.15) is 4.98 Å². The lowest BCUT2D eigenvalue weighted by molar-refractivity contribution is 0.164. The number of rotatable bonds is 3. The van der Waals surface area contributed by atoms with Crippen LogP contribution in [0.5, 0.6) is 5.88 Å². The Labute approximate surface area is 101 Å². The van der Waals surface area contributed by atoms with E-state index in [1.807, 2.05) is 13.8 Å². The first-order valence-electron chi connectivity index (χ1n) is 5.05. The molecule has 0 atom stereocenters. The van der Waals surface area contributed by atoms with Gasteiger partial charge in [0.25, 0.3) is 0 Å². The molecule has 1 heterocycles. The minimum atomic E-state index is -0.702. The van der Waals surface area contributed by atoms with Crippen molar-refractivity contribution >= 4 is 11.6 Å². The third-order valence-corrected chi connectivity index (χ3v) is 2.11. The van der Waals surface area contributed by atoms with E-state index < -0.39 is 5.60 Å². The predicted octanol–water partition coefficient (Wildman–Crippen LogP) is 3.04. The molecule has 1 aromatic heterocycles. The molecule has 0 saturated carbocycles. The van der Waals surface area contributed by atoms with Crippen molar-refractivity contribution < 1.29 is 4.74 Å². The average Bonchev–Trinajstić information content (AvgIpc) is 2.16. The molecule has 0 unspecified atom stereocenters. The summed E-state index contributed by atoms with van der Waals surface area (Å²) in [5.74, 6) is 3.78. The summed E-state index contributed by atoms with van der Waals surface area (Å²) in [5, 5.41) is 0.363. The lowest BCUT2D eigenvalue weighted by Gasteiger charge is -2.19. The van der Waals surface area contributed by atoms with Gasteiger partial charge in [0, 0.05) is 12.0 Å². The lowest BCUT2D eigenvalue weighted by Crippen LogP contribution is -2.26. The molecule has 0 N–H and O–H groups in total. The zero-order valence-electron chi connectivity index (χ0n) is 9.91. The third-order valence-electron chi connectivity index (χ3n) is 1.91. The first kappa shape index (κ1) is 12.8. The molecule has 0 aliphatic carbocycles. The van der Waals surface area contributed by atoms with Gasteiger partial charge in [-0.25, -0.2) is 4.98 Å². The molecule has 0 amide bonds. The number of ether oxygens (including phenoxy) is 1. The second kappa shape index (κ2) is 4.71. The van der Waals surface area contributed by atoms with Crippen LogP contribution in [0, 0.1) is 12.3 Å². The van der Waals surface area contributed by atoms with Crippen LogP contribution in [0.4, 0.5) is 0 Å². The van der Waals surface area contributed by atoms with E-state index in [-0.39, 0.29) is 5.92 Å². The molecule has 86 valence electrons. The van der Waals surface area contributed by atoms with Crippen molar-refractivity contribution in [2.75, 3.05) is 0 Å². The highest BCUT2D eigenvalue weighted by Gasteiger charge is 2.18. The van der Waals surface area contributed by atoms with Gasteiger partial charge in [-0.3, -0.25) is 0 Å². The highest BCUT2D eigenvalue weighted by atomic mass is 35.5. The Morgan fingerprint density at radius 3 is 2.56 bits per heavy atom. The van der Waals surface area contributed by atoms with E-state index in [2.05, 4.69) is 15.9 Å². The molecule has 0 aromatic carbocycles. The van der Waals surface area contributed by atoms with Crippen LogP contribution >= 0.6 is 11.6 Å². The maximum Gasteiger partial charge on any atom is 0.219 e. The summed E-state index contributed by atoms with van der Waals surface area (Å²) < 4.78 is 5.55. The molecule has 1 rings (SSSR count). The van der Waals surface area contributed by atoms with Gasteiger partial charge in [0.1, 0.15) is 11.0 Å². The van der Waals surface area contributed by atoms with Crippen molar-refractivity contribution in [2.45, 2.75) is 39.2 Å². The number of aromatic nitrogens is 2. The zero-order chi connectivity index (χ0) is 12.3. The SMILES string of the molecule is C#CC(C)(C)Oc1cc(Cl)nc(C(C)C)n1. The normalized spacial score (nSPS) is 11.3. The summed E-state index contributed by atoms with van der Waals surface area (Å²) in [6.07, 6.45) is 5.34. The molecule has 0 saturated heterocycles. The number of halogens is 1. The summed E-state index contributed by atoms with van der Waals surface area (Å²) in [6, 6.07) is 1.56. The Bertz CT molecular complexity index is 422. The number of hydrogen-bond donors (Lipinski definition) is 0. The van der Waals surface area contributed by atoms with E-state index in [1.54, 1.807) is 19.9 Å². The van der Waals surface area contributed by atoms with E-state index in [4.69, 9.17) is 22.8 Å². The van der Waals surface area contributed by atoms with Crippen molar-refractivity contribution in [3.63, 3.8) is 0 Å². The standard InChI is InChI=1S/C12H15ClN2O/c1-6-12(4,5)16-10-7-9(13)14-11(15-10)8(2)3/h1,7-8H,2-5H3. The minimum absolute atomic E-state index is 0.190. The van der Waals surface area contributed by atoms with Gasteiger partial charge in [-0.1, -0.05) is 31.4 Å². The van der Waals surface area contributed by atoms with Crippen LogP contribution < -0.4 is 4.74 Å². The fourth-order valence-corrected chi connectivity index (χ4v) is 1.20. The van der Waals surface area contributed by atoms with Crippen molar-refractivity contribution in [1.29, 1.82) is 0 Å². The van der Waals surface area contributed by atoms with Crippen molar-refractivity contribution in [3.8, 4) is 18.2 Å². The maximum atomic E-state index is 5.88. The maximum absolute atomic E-state index is 5.88. The summed E-state index contributed by atoms with van der Waals surface area (Å²) in [5.41, 5.74) is -0.702. The van der Waals surface area contributed by atoms with E-state index in [1.165, 1.54) is 0 Å². The quantitative estimate of drug-likeness (QED) is 0.600. The van der Waals surface area contributed by atoms with Crippen molar-refractivity contribution in [3.05, 3.63) is 17.0 Å². The molecule has 4 heteroatoms. The predicted molar refractivity (Wildman–Crippen MR) is 64.7 cm³/mol. The first-order chi connectivity index (χ1) is 7.34. The monoisotopic (exact) mass is 238 g/mol. The second-order valence-electron chi connectivity index (χ2n) is 4.30. The van der Waals surface area contributed by atoms with Crippen molar-refractivity contribution in [1.82, 2.24) is 9.97 Å². The van der Waals surface area contributed by atoms with E-state index in [0.29, 0.717) is 16.9 Å². The van der Waals surface area contributed by atoms with Crippen LogP contribution in [0.15, 0.2) is 6.07 Å². The Kier molecular flexibility index (Phi) is 3.77. The van der Waals surface area contributed by atoms with Gasteiger partial charge in [-0.05, 0) is 13.8 Å². The molecule has 0 bridgehead atoms. The number of hydrogen-bond acceptors (Lipinski definition) is 3. The van der Waals surface area contributed by atoms with Crippen LogP contribution in [-0.4, -0.2) is 15.6 Å². The molecular weight excluding hydrogens is 224 g/mol. The molecule has 16 heavy (non-hydrogen) atoms. The van der Waals surface area contributed by atoms with Crippen LogP contribution in [0.25, 0.3) is 0 Å². The Morgan fingerprint density at radius 1 is 1.44 bits per heavy atom. The second-order valence-corrected chi connectivity index (χ2v) is 4.69. The van der Waals surface area contributed by atoms with Crippen LogP contribution in [0.2, 0.25) is 5.15 Å². The Morgan fingerprint density at radius 2 is 2.06 bits per heavy atom. The fraction of sp³-hybridized carbons (Fsp3) is 0.500. The lowest BCUT2D eigenvalue weighted by atomic mass is 10.1. The molecular formula is C12H15ClN2O. The summed E-state index contributed by atoms with van der Waals surface area (Å²) in [6.45, 7) is 7.56. The van der Waals surface area contributed by atoms with E-state index in [0.717, 1.165) is 0 Å². The Hall–Kier alpha value is -1.27. The fourth-order valence-electron chi connectivity index (χ4n) is 1.02. The largest absolute Gasteiger partial charge is 0.458 e. The van der Waals surface area contributed by atoms with Gasteiger partial charge >= 0.3 is 0 Å². The Balaban J connectivity index is 3.03. The first-order valence-corrected chi connectivity index (χ1v) is 5.43. The topological polar surface area (TPSA) is 35.0 Å². The van der Waals surface area contributed by atoms with Crippen LogP contribution in [0.3, 0.4) is 0 Å². The molecule has 0 aliphatic rings. The van der Waals surface area contributed by atoms with Gasteiger partial charge in [0.15, 0.2) is 5.60 Å². The van der Waals surface area contributed by atoms with Crippen LogP contribution in [-0.2, 0) is 0 Å². The summed E-state index contributed by atoms with van der Waals surface area (Å²) in [7, 11) is 0. The molecule has 1 aromatic rings. The molecule has 3 nitrogen and oxygen atoms in total. The number of terminal acetylenes is 1. The molecule has 0 radical (unpaired) electrons. The third kappa shape index (κ3) is 3.39. The molecule has 0 fully saturated rings. The van der Waals surface area contributed by atoms with Crippen molar-refractivity contribution in [2.24, 2.45) is 0 Å². The summed E-state index contributed by atoms with van der Waals surface area (Å²) >= 11 is 5.88. The zero-order valence-corrected chi connectivity index (χ0v) is 10.7. The van der Waals surface area contributed by atoms with Gasteiger partial charge in [-0.15, -0.1) is 6.42 Å². The number of nitrogens with zero attached hydrogens (tertiary/aromatic N) is 2. The highest BCUT2D eigenvalue weighted by molar-refractivity contribution is 6.29. The highest BCUT2D eigenvalue weighted by Crippen LogP contribution is 2.21. The van der Waals surface area contributed by atoms with Gasteiger partial charge in [0.05, 0.1) is 0 Å². The van der Waals surface area contributed by atoms with E-state index in [9.17, 15) is 0 Å². The summed E-state index contributed by atoms with van der Waals surface area (Å²) in [4.78, 5) is 8.36. The average molecular weight is 239 g/mol. The minimum Gasteiger partial charge on any atom is -0.458 e. The van der Waals surface area contributed by atoms with Crippen LogP contribution in [0.1, 0.15) is 39.4 Å². The molecule has 0 aliphatic heterocycles. The van der Waals surface area contributed by atoms with Gasteiger partial charge in [0.2, 0.25) is 5.88 Å². The smallest absolute Gasteiger partial charge is 0.219 e.